The van der Waals surface area contributed by atoms with Crippen LogP contribution in [0.25, 0.3) is 0 Å². The number of nitrogens with two attached hydrogens (primary N) is 1. The van der Waals surface area contributed by atoms with Gasteiger partial charge in [-0.3, -0.25) is 9.69 Å². The van der Waals surface area contributed by atoms with Crippen LogP contribution in [0.5, 0.6) is 0 Å². The predicted octanol–water partition coefficient (Wildman–Crippen LogP) is 2.12. The first-order valence-corrected chi connectivity index (χ1v) is 9.56. The Morgan fingerprint density at radius 1 is 1.20 bits per heavy atom. The van der Waals surface area contributed by atoms with Crippen molar-refractivity contribution in [1.29, 1.82) is 0 Å². The first-order chi connectivity index (χ1) is 12.0. The van der Waals surface area contributed by atoms with Crippen molar-refractivity contribution in [3.8, 4) is 0 Å². The third-order valence-electron chi connectivity index (χ3n) is 5.08. The average Bonchev–Trinajstić information content (AvgIpc) is 2.65. The first-order valence-electron chi connectivity index (χ1n) is 9.56. The number of benzene rings is 1. The molecule has 1 aromatic carbocycles. The van der Waals surface area contributed by atoms with Crippen molar-refractivity contribution in [3.63, 3.8) is 0 Å². The Bertz CT molecular complexity index is 535. The minimum atomic E-state index is -0.512. The van der Waals surface area contributed by atoms with Gasteiger partial charge in [0.15, 0.2) is 5.78 Å². The standard InChI is InChI=1S/C20H34N4O/c1-4-13-24(14-5-10-21)20(2,3)19(25)17-6-8-18(9-7-17)23-15-11-22-12-16-23/h6-9,22H,4-5,10-16,21H2,1-3H3. The fourth-order valence-electron chi connectivity index (χ4n) is 3.47. The third-order valence-corrected chi connectivity index (χ3v) is 5.08. The molecule has 25 heavy (non-hydrogen) atoms. The fourth-order valence-corrected chi connectivity index (χ4v) is 3.47. The number of ketones is 1. The minimum absolute atomic E-state index is 0.185. The molecular weight excluding hydrogens is 312 g/mol. The number of piperazine rings is 1. The van der Waals surface area contributed by atoms with Crippen molar-refractivity contribution in [2.24, 2.45) is 5.73 Å². The fraction of sp³-hybridized carbons (Fsp3) is 0.650. The van der Waals surface area contributed by atoms with Crippen LogP contribution in [-0.2, 0) is 0 Å². The first kappa shape index (κ1) is 19.9. The molecule has 1 aliphatic heterocycles. The number of Topliss-reactive ketones (excluding diaryl/α,β-unsaturated/α-hetero) is 1. The molecule has 1 aliphatic rings. The smallest absolute Gasteiger partial charge is 0.182 e. The van der Waals surface area contributed by atoms with E-state index in [-0.39, 0.29) is 5.78 Å². The summed E-state index contributed by atoms with van der Waals surface area (Å²) in [5, 5.41) is 3.36. The van der Waals surface area contributed by atoms with E-state index in [4.69, 9.17) is 5.73 Å². The van der Waals surface area contributed by atoms with Gasteiger partial charge in [-0.1, -0.05) is 6.92 Å². The Labute approximate surface area is 152 Å². The molecule has 0 bridgehead atoms. The third kappa shape index (κ3) is 5.03. The maximum Gasteiger partial charge on any atom is 0.182 e. The highest BCUT2D eigenvalue weighted by Crippen LogP contribution is 2.23. The van der Waals surface area contributed by atoms with Gasteiger partial charge in [-0.2, -0.15) is 0 Å². The van der Waals surface area contributed by atoms with Gasteiger partial charge in [0.25, 0.3) is 0 Å². The monoisotopic (exact) mass is 346 g/mol. The van der Waals surface area contributed by atoms with E-state index >= 15 is 0 Å². The van der Waals surface area contributed by atoms with Crippen molar-refractivity contribution >= 4 is 11.5 Å². The topological polar surface area (TPSA) is 61.6 Å². The minimum Gasteiger partial charge on any atom is -0.369 e. The van der Waals surface area contributed by atoms with E-state index in [0.29, 0.717) is 6.54 Å². The van der Waals surface area contributed by atoms with Crippen LogP contribution in [0.2, 0.25) is 0 Å². The molecule has 2 rings (SSSR count). The van der Waals surface area contributed by atoms with Crippen molar-refractivity contribution in [2.75, 3.05) is 50.7 Å². The van der Waals surface area contributed by atoms with Gasteiger partial charge in [0.05, 0.1) is 5.54 Å². The van der Waals surface area contributed by atoms with Crippen molar-refractivity contribution in [2.45, 2.75) is 39.2 Å². The van der Waals surface area contributed by atoms with Crippen molar-refractivity contribution in [1.82, 2.24) is 10.2 Å². The lowest BCUT2D eigenvalue weighted by Gasteiger charge is -2.37. The zero-order valence-electron chi connectivity index (χ0n) is 16.1. The summed E-state index contributed by atoms with van der Waals surface area (Å²) in [6.07, 6.45) is 1.95. The quantitative estimate of drug-likeness (QED) is 0.671. The van der Waals surface area contributed by atoms with Gasteiger partial charge in [-0.25, -0.2) is 0 Å². The van der Waals surface area contributed by atoms with E-state index in [9.17, 15) is 4.79 Å². The molecule has 1 saturated heterocycles. The number of hydrogen-bond acceptors (Lipinski definition) is 5. The zero-order chi connectivity index (χ0) is 18.3. The summed E-state index contributed by atoms with van der Waals surface area (Å²) in [5.41, 5.74) is 7.15. The molecule has 1 fully saturated rings. The summed E-state index contributed by atoms with van der Waals surface area (Å²) < 4.78 is 0. The van der Waals surface area contributed by atoms with Gasteiger partial charge < -0.3 is 16.0 Å². The van der Waals surface area contributed by atoms with E-state index in [0.717, 1.165) is 57.7 Å². The molecule has 0 aliphatic carbocycles. The Balaban J connectivity index is 2.11. The van der Waals surface area contributed by atoms with Gasteiger partial charge in [-0.15, -0.1) is 0 Å². The van der Waals surface area contributed by atoms with E-state index in [2.05, 4.69) is 34.2 Å². The summed E-state index contributed by atoms with van der Waals surface area (Å²) in [5.74, 6) is 0.185. The summed E-state index contributed by atoms with van der Waals surface area (Å²) in [6, 6.07) is 8.13. The van der Waals surface area contributed by atoms with Crippen LogP contribution in [0, 0.1) is 0 Å². The van der Waals surface area contributed by atoms with E-state index in [1.54, 1.807) is 0 Å². The largest absolute Gasteiger partial charge is 0.369 e. The molecule has 5 nitrogen and oxygen atoms in total. The molecule has 0 unspecified atom stereocenters. The normalized spacial score (nSPS) is 15.6. The van der Waals surface area contributed by atoms with Crippen LogP contribution in [0.15, 0.2) is 24.3 Å². The summed E-state index contributed by atoms with van der Waals surface area (Å²) >= 11 is 0. The molecule has 1 heterocycles. The molecule has 0 aromatic heterocycles. The lowest BCUT2D eigenvalue weighted by Crippen LogP contribution is -2.51. The summed E-state index contributed by atoms with van der Waals surface area (Å²) in [7, 11) is 0. The van der Waals surface area contributed by atoms with Crippen LogP contribution in [0.1, 0.15) is 44.0 Å². The average molecular weight is 347 g/mol. The van der Waals surface area contributed by atoms with Crippen LogP contribution < -0.4 is 16.0 Å². The van der Waals surface area contributed by atoms with Gasteiger partial charge in [0.1, 0.15) is 0 Å². The number of carbonyl (C=O) groups excluding carboxylic acids is 1. The summed E-state index contributed by atoms with van der Waals surface area (Å²) in [6.45, 7) is 12.7. The zero-order valence-corrected chi connectivity index (χ0v) is 16.1. The highest BCUT2D eigenvalue weighted by Gasteiger charge is 2.34. The lowest BCUT2D eigenvalue weighted by molar-refractivity contribution is 0.0637. The molecule has 0 radical (unpaired) electrons. The second-order valence-electron chi connectivity index (χ2n) is 7.30. The molecule has 0 spiro atoms. The number of carbonyl (C=O) groups is 1. The predicted molar refractivity (Wildman–Crippen MR) is 105 cm³/mol. The SMILES string of the molecule is CCCN(CCCN)C(C)(C)C(=O)c1ccc(N2CCNCC2)cc1. The highest BCUT2D eigenvalue weighted by molar-refractivity contribution is 6.02. The number of rotatable bonds is 9. The number of nitrogens with zero attached hydrogens (tertiary/aromatic N) is 2. The molecule has 0 amide bonds. The van der Waals surface area contributed by atoms with E-state index in [1.807, 2.05) is 26.0 Å². The maximum atomic E-state index is 13.1. The second-order valence-corrected chi connectivity index (χ2v) is 7.30. The Morgan fingerprint density at radius 3 is 2.40 bits per heavy atom. The van der Waals surface area contributed by atoms with Gasteiger partial charge >= 0.3 is 0 Å². The van der Waals surface area contributed by atoms with Crippen molar-refractivity contribution in [3.05, 3.63) is 29.8 Å². The Kier molecular flexibility index (Phi) is 7.41. The summed E-state index contributed by atoms with van der Waals surface area (Å²) in [4.78, 5) is 17.8. The van der Waals surface area contributed by atoms with Crippen LogP contribution >= 0.6 is 0 Å². The second kappa shape index (κ2) is 9.32. The molecule has 0 atom stereocenters. The van der Waals surface area contributed by atoms with Crippen LogP contribution in [0.3, 0.4) is 0 Å². The molecule has 1 aromatic rings. The van der Waals surface area contributed by atoms with Crippen molar-refractivity contribution < 1.29 is 4.79 Å². The molecular formula is C20H34N4O. The molecule has 0 saturated carbocycles. The number of nitrogens with one attached hydrogen (secondary N) is 1. The van der Waals surface area contributed by atoms with Gasteiger partial charge in [0.2, 0.25) is 0 Å². The Morgan fingerprint density at radius 2 is 1.84 bits per heavy atom. The molecule has 5 heteroatoms. The molecule has 140 valence electrons. The van der Waals surface area contributed by atoms with Crippen LogP contribution in [-0.4, -0.2) is 62.0 Å². The van der Waals surface area contributed by atoms with Gasteiger partial charge in [0, 0.05) is 44.0 Å². The number of anilines is 1. The Hall–Kier alpha value is -1.43. The van der Waals surface area contributed by atoms with Gasteiger partial charge in [-0.05, 0) is 64.0 Å². The van der Waals surface area contributed by atoms with Crippen LogP contribution in [0.4, 0.5) is 5.69 Å². The lowest BCUT2D eigenvalue weighted by atomic mass is 9.90. The van der Waals surface area contributed by atoms with E-state index < -0.39 is 5.54 Å². The molecule has 3 N–H and O–H groups in total. The number of hydrogen-bond donors (Lipinski definition) is 2. The highest BCUT2D eigenvalue weighted by atomic mass is 16.1. The maximum absolute atomic E-state index is 13.1. The van der Waals surface area contributed by atoms with E-state index in [1.165, 1.54) is 5.69 Å².